The van der Waals surface area contributed by atoms with Crippen LogP contribution in [0.4, 0.5) is 11.4 Å². The first-order valence-electron chi connectivity index (χ1n) is 11.4. The molecule has 9 nitrogen and oxygen atoms in total. The van der Waals surface area contributed by atoms with E-state index in [0.717, 1.165) is 17.7 Å². The van der Waals surface area contributed by atoms with Gasteiger partial charge in [-0.25, -0.2) is 4.98 Å². The molecular formula is C25H23N7O2S. The number of thiocarbonyl (C=S) groups is 1. The van der Waals surface area contributed by atoms with Gasteiger partial charge in [-0.2, -0.15) is 10.4 Å². The minimum Gasteiger partial charge on any atom is -0.351 e. The normalized spacial score (nSPS) is 16.4. The number of hydrogen-bond donors (Lipinski definition) is 2. The van der Waals surface area contributed by atoms with Crippen molar-refractivity contribution >= 4 is 40.5 Å². The Labute approximate surface area is 207 Å². The highest BCUT2D eigenvalue weighted by Crippen LogP contribution is 2.48. The minimum absolute atomic E-state index is 0.0721. The zero-order valence-electron chi connectivity index (χ0n) is 19.3. The van der Waals surface area contributed by atoms with E-state index in [1.54, 1.807) is 19.2 Å². The lowest BCUT2D eigenvalue weighted by atomic mass is 9.75. The van der Waals surface area contributed by atoms with Gasteiger partial charge in [0.2, 0.25) is 0 Å². The Morgan fingerprint density at radius 2 is 2.03 bits per heavy atom. The van der Waals surface area contributed by atoms with Gasteiger partial charge in [0.1, 0.15) is 17.3 Å². The van der Waals surface area contributed by atoms with Crippen LogP contribution in [0.25, 0.3) is 11.1 Å². The van der Waals surface area contributed by atoms with Gasteiger partial charge >= 0.3 is 0 Å². The highest BCUT2D eigenvalue weighted by molar-refractivity contribution is 7.81. The second kappa shape index (κ2) is 8.60. The van der Waals surface area contributed by atoms with Gasteiger partial charge in [0.05, 0.1) is 11.9 Å². The molecule has 1 aliphatic carbocycles. The van der Waals surface area contributed by atoms with Crippen molar-refractivity contribution in [1.82, 2.24) is 20.5 Å². The summed E-state index contributed by atoms with van der Waals surface area (Å²) in [5.74, 6) is -0.313. The molecule has 10 heteroatoms. The van der Waals surface area contributed by atoms with Gasteiger partial charge in [0.25, 0.3) is 11.8 Å². The predicted octanol–water partition coefficient (Wildman–Crippen LogP) is 3.46. The monoisotopic (exact) mass is 485 g/mol. The van der Waals surface area contributed by atoms with Gasteiger partial charge in [-0.1, -0.05) is 12.1 Å². The van der Waals surface area contributed by atoms with Crippen LogP contribution in [-0.4, -0.2) is 44.2 Å². The van der Waals surface area contributed by atoms with E-state index in [4.69, 9.17) is 12.2 Å². The third-order valence-electron chi connectivity index (χ3n) is 6.65. The number of aromatic amines is 1. The number of nitrogens with zero attached hydrogens (tertiary/aromatic N) is 5. The molecule has 1 aromatic carbocycles. The topological polar surface area (TPSA) is 118 Å². The molecule has 0 atom stereocenters. The maximum absolute atomic E-state index is 13.7. The van der Waals surface area contributed by atoms with Crippen molar-refractivity contribution in [3.05, 3.63) is 59.7 Å². The van der Waals surface area contributed by atoms with Gasteiger partial charge in [0.15, 0.2) is 10.8 Å². The highest BCUT2D eigenvalue weighted by Gasteiger charge is 2.59. The number of benzene rings is 1. The second-order valence-electron chi connectivity index (χ2n) is 8.67. The molecule has 1 aliphatic heterocycles. The number of carbonyl (C=O) groups excluding carboxylic acids is 2. The Kier molecular flexibility index (Phi) is 5.57. The van der Waals surface area contributed by atoms with Crippen LogP contribution < -0.4 is 15.1 Å². The third-order valence-corrected chi connectivity index (χ3v) is 7.01. The highest BCUT2D eigenvalue weighted by atomic mass is 32.1. The number of rotatable bonds is 5. The van der Waals surface area contributed by atoms with E-state index in [1.165, 1.54) is 11.1 Å². The Balaban J connectivity index is 1.49. The van der Waals surface area contributed by atoms with E-state index in [0.29, 0.717) is 52.7 Å². The fourth-order valence-electron chi connectivity index (χ4n) is 4.72. The average Bonchev–Trinajstić information content (AvgIpc) is 3.40. The first-order valence-corrected chi connectivity index (χ1v) is 11.8. The molecule has 35 heavy (non-hydrogen) atoms. The molecule has 0 unspecified atom stereocenters. The van der Waals surface area contributed by atoms with Crippen LogP contribution >= 0.6 is 12.2 Å². The molecule has 2 aliphatic rings. The largest absolute Gasteiger partial charge is 0.351 e. The van der Waals surface area contributed by atoms with E-state index < -0.39 is 5.54 Å². The van der Waals surface area contributed by atoms with Crippen molar-refractivity contribution in [2.75, 3.05) is 16.3 Å². The Bertz CT molecular complexity index is 1390. The Morgan fingerprint density at radius 1 is 1.29 bits per heavy atom. The molecule has 2 N–H and O–H groups in total. The van der Waals surface area contributed by atoms with Crippen LogP contribution in [0, 0.1) is 18.3 Å². The second-order valence-corrected chi connectivity index (χ2v) is 9.03. The van der Waals surface area contributed by atoms with E-state index in [9.17, 15) is 14.9 Å². The number of hydrogen-bond acceptors (Lipinski definition) is 6. The van der Waals surface area contributed by atoms with E-state index in [1.807, 2.05) is 36.1 Å². The summed E-state index contributed by atoms with van der Waals surface area (Å²) in [6, 6.07) is 11.5. The van der Waals surface area contributed by atoms with Crippen LogP contribution in [0.3, 0.4) is 0 Å². The van der Waals surface area contributed by atoms with Crippen molar-refractivity contribution in [3.8, 4) is 17.2 Å². The summed E-state index contributed by atoms with van der Waals surface area (Å²) >= 11 is 5.82. The first-order chi connectivity index (χ1) is 16.9. The number of nitriles is 1. The van der Waals surface area contributed by atoms with Crippen molar-refractivity contribution in [1.29, 1.82) is 5.26 Å². The number of aryl methyl sites for hydroxylation is 1. The molecule has 0 bridgehead atoms. The van der Waals surface area contributed by atoms with Crippen LogP contribution in [0.2, 0.25) is 0 Å². The molecule has 3 heterocycles. The lowest BCUT2D eigenvalue weighted by Gasteiger charge is -2.43. The van der Waals surface area contributed by atoms with Gasteiger partial charge < -0.3 is 10.2 Å². The maximum Gasteiger partial charge on any atom is 0.272 e. The van der Waals surface area contributed by atoms with E-state index >= 15 is 0 Å². The summed E-state index contributed by atoms with van der Waals surface area (Å²) in [6.45, 7) is 4.16. The van der Waals surface area contributed by atoms with Crippen LogP contribution in [-0.2, 0) is 4.79 Å². The van der Waals surface area contributed by atoms with Crippen LogP contribution in [0.1, 0.15) is 47.9 Å². The first kappa shape index (κ1) is 22.7. The van der Waals surface area contributed by atoms with Crippen LogP contribution in [0.5, 0.6) is 0 Å². The molecule has 1 saturated carbocycles. The maximum atomic E-state index is 13.7. The van der Waals surface area contributed by atoms with Gasteiger partial charge in [-0.05, 0) is 74.7 Å². The molecule has 2 aromatic heterocycles. The third kappa shape index (κ3) is 3.47. The summed E-state index contributed by atoms with van der Waals surface area (Å²) in [5, 5.41) is 19.2. The number of nitrogens with one attached hydrogen (secondary N) is 2. The SMILES string of the molecule is CCNC(=O)c1n[nH]cc1-c1ccc(N2C(=S)N(c3cnc(C#N)c(C)c3)C(=O)C23CCC3)cc1. The zero-order chi connectivity index (χ0) is 24.7. The van der Waals surface area contributed by atoms with E-state index in [2.05, 4.69) is 26.6 Å². The van der Waals surface area contributed by atoms with Crippen molar-refractivity contribution < 1.29 is 9.59 Å². The molecular weight excluding hydrogens is 462 g/mol. The summed E-state index contributed by atoms with van der Waals surface area (Å²) in [6.07, 6.45) is 5.56. The van der Waals surface area contributed by atoms with Crippen molar-refractivity contribution in [2.24, 2.45) is 0 Å². The quantitative estimate of drug-likeness (QED) is 0.531. The lowest BCUT2D eigenvalue weighted by molar-refractivity contribution is -0.123. The fraction of sp³-hybridized carbons (Fsp3) is 0.280. The summed E-state index contributed by atoms with van der Waals surface area (Å²) in [5.41, 5.74) is 3.51. The van der Waals surface area contributed by atoms with Crippen molar-refractivity contribution in [2.45, 2.75) is 38.6 Å². The average molecular weight is 486 g/mol. The molecule has 1 spiro atoms. The Morgan fingerprint density at radius 3 is 2.63 bits per heavy atom. The summed E-state index contributed by atoms with van der Waals surface area (Å²) in [4.78, 5) is 33.7. The summed E-state index contributed by atoms with van der Waals surface area (Å²) in [7, 11) is 0. The molecule has 3 aromatic rings. The van der Waals surface area contributed by atoms with Gasteiger partial charge in [-0.15, -0.1) is 0 Å². The predicted molar refractivity (Wildman–Crippen MR) is 135 cm³/mol. The smallest absolute Gasteiger partial charge is 0.272 e. The van der Waals surface area contributed by atoms with E-state index in [-0.39, 0.29) is 11.8 Å². The number of carbonyl (C=O) groups is 2. The number of amides is 2. The van der Waals surface area contributed by atoms with Crippen molar-refractivity contribution in [3.63, 3.8) is 0 Å². The number of anilines is 2. The fourth-order valence-corrected chi connectivity index (χ4v) is 5.19. The molecule has 176 valence electrons. The molecule has 5 rings (SSSR count). The standard InChI is InChI=1S/C25H23N7O2S/c1-3-27-22(33)21-19(14-29-30-21)16-5-7-17(8-6-16)32-24(35)31(23(34)25(32)9-4-10-25)18-11-15(2)20(12-26)28-13-18/h5-8,11,13-14H,3-4,9-10H2,1-2H3,(H,27,33)(H,29,30). The molecule has 1 saturated heterocycles. The number of pyridine rings is 1. The summed E-state index contributed by atoms with van der Waals surface area (Å²) < 4.78 is 0. The molecule has 0 radical (unpaired) electrons. The Hall–Kier alpha value is -4.10. The van der Waals surface area contributed by atoms with Gasteiger partial charge in [-0.3, -0.25) is 19.6 Å². The molecule has 2 amide bonds. The van der Waals surface area contributed by atoms with Gasteiger partial charge in [0, 0.05) is 24.0 Å². The molecule has 2 fully saturated rings. The zero-order valence-corrected chi connectivity index (χ0v) is 20.1. The number of aromatic nitrogens is 3. The number of H-pyrrole nitrogens is 1. The lowest BCUT2D eigenvalue weighted by Crippen LogP contribution is -2.55. The minimum atomic E-state index is -0.720. The van der Waals surface area contributed by atoms with Crippen LogP contribution in [0.15, 0.2) is 42.7 Å².